The van der Waals surface area contributed by atoms with Crippen molar-refractivity contribution in [2.45, 2.75) is 24.2 Å². The molecule has 2 aliphatic rings. The average Bonchev–Trinajstić information content (AvgIpc) is 3.14. The summed E-state index contributed by atoms with van der Waals surface area (Å²) in [5, 5.41) is 2.82. The van der Waals surface area contributed by atoms with E-state index < -0.39 is 10.0 Å². The Bertz CT molecular complexity index is 814. The molecule has 1 fully saturated rings. The van der Waals surface area contributed by atoms with Gasteiger partial charge in [-0.05, 0) is 44.0 Å². The summed E-state index contributed by atoms with van der Waals surface area (Å²) in [5.74, 6) is 0.551. The van der Waals surface area contributed by atoms with Crippen LogP contribution in [0.4, 0.5) is 5.69 Å². The molecule has 1 heterocycles. The van der Waals surface area contributed by atoms with Crippen molar-refractivity contribution in [2.24, 2.45) is 5.92 Å². The normalized spacial score (nSPS) is 21.3. The van der Waals surface area contributed by atoms with E-state index in [1.165, 1.54) is 23.5 Å². The van der Waals surface area contributed by atoms with E-state index >= 15 is 0 Å². The summed E-state index contributed by atoms with van der Waals surface area (Å²) in [6.07, 6.45) is 6.50. The molecule has 0 spiro atoms. The van der Waals surface area contributed by atoms with E-state index in [4.69, 9.17) is 4.74 Å². The average molecular weight is 394 g/mol. The number of hydrogen-bond donors (Lipinski definition) is 1. The lowest BCUT2D eigenvalue weighted by Gasteiger charge is -2.31. The van der Waals surface area contributed by atoms with Crippen molar-refractivity contribution >= 4 is 21.6 Å². The van der Waals surface area contributed by atoms with E-state index in [9.17, 15) is 13.2 Å². The van der Waals surface area contributed by atoms with Gasteiger partial charge >= 0.3 is 0 Å². The Morgan fingerprint density at radius 2 is 2.00 bits per heavy atom. The zero-order chi connectivity index (χ0) is 19.4. The van der Waals surface area contributed by atoms with Crippen LogP contribution in [0.25, 0.3) is 0 Å². The molecule has 7 nitrogen and oxygen atoms in total. The van der Waals surface area contributed by atoms with Gasteiger partial charge in [0.1, 0.15) is 5.75 Å². The summed E-state index contributed by atoms with van der Waals surface area (Å²) in [5.41, 5.74) is 0.389. The van der Waals surface area contributed by atoms with E-state index in [1.54, 1.807) is 6.07 Å². The smallest absolute Gasteiger partial charge is 0.243 e. The van der Waals surface area contributed by atoms with Gasteiger partial charge < -0.3 is 15.0 Å². The fourth-order valence-corrected chi connectivity index (χ4v) is 4.88. The number of sulfonamides is 1. The molecule has 0 unspecified atom stereocenters. The SMILES string of the molecule is COc1ccc(S(=O)(=O)N2CCN(C)CC2)cc1NC(=O)C[C@@H]1C=CCC1. The van der Waals surface area contributed by atoms with Gasteiger partial charge in [0.15, 0.2) is 0 Å². The number of benzene rings is 1. The first-order chi connectivity index (χ1) is 12.9. The van der Waals surface area contributed by atoms with Gasteiger partial charge in [0.05, 0.1) is 17.7 Å². The highest BCUT2D eigenvalue weighted by Gasteiger charge is 2.28. The molecule has 1 saturated heterocycles. The van der Waals surface area contributed by atoms with Gasteiger partial charge in [-0.15, -0.1) is 0 Å². The zero-order valence-corrected chi connectivity index (χ0v) is 16.7. The van der Waals surface area contributed by atoms with E-state index in [0.717, 1.165) is 12.8 Å². The maximum atomic E-state index is 13.0. The largest absolute Gasteiger partial charge is 0.495 e. The molecule has 27 heavy (non-hydrogen) atoms. The number of anilines is 1. The molecule has 0 radical (unpaired) electrons. The number of nitrogens with one attached hydrogen (secondary N) is 1. The van der Waals surface area contributed by atoms with E-state index in [-0.39, 0.29) is 16.7 Å². The number of carbonyl (C=O) groups is 1. The quantitative estimate of drug-likeness (QED) is 0.747. The van der Waals surface area contributed by atoms with Crippen LogP contribution in [-0.2, 0) is 14.8 Å². The number of amides is 1. The van der Waals surface area contributed by atoms with Crippen molar-refractivity contribution in [3.05, 3.63) is 30.4 Å². The van der Waals surface area contributed by atoms with Crippen molar-refractivity contribution < 1.29 is 17.9 Å². The Hall–Kier alpha value is -1.90. The van der Waals surface area contributed by atoms with Crippen LogP contribution >= 0.6 is 0 Å². The lowest BCUT2D eigenvalue weighted by Crippen LogP contribution is -2.47. The Kier molecular flexibility index (Phi) is 6.18. The topological polar surface area (TPSA) is 79.0 Å². The molecule has 0 aromatic heterocycles. The van der Waals surface area contributed by atoms with Gasteiger partial charge in [-0.25, -0.2) is 8.42 Å². The van der Waals surface area contributed by atoms with Crippen LogP contribution in [0.2, 0.25) is 0 Å². The van der Waals surface area contributed by atoms with Gasteiger partial charge in [0.2, 0.25) is 15.9 Å². The number of methoxy groups -OCH3 is 1. The van der Waals surface area contributed by atoms with Crippen LogP contribution in [0.3, 0.4) is 0 Å². The molecule has 1 aliphatic carbocycles. The van der Waals surface area contributed by atoms with Crippen LogP contribution in [0.15, 0.2) is 35.2 Å². The van der Waals surface area contributed by atoms with E-state index in [1.807, 2.05) is 7.05 Å². The van der Waals surface area contributed by atoms with Crippen molar-refractivity contribution in [3.8, 4) is 5.75 Å². The van der Waals surface area contributed by atoms with E-state index in [0.29, 0.717) is 44.0 Å². The fourth-order valence-electron chi connectivity index (χ4n) is 3.43. The van der Waals surface area contributed by atoms with E-state index in [2.05, 4.69) is 22.4 Å². The highest BCUT2D eigenvalue weighted by Crippen LogP contribution is 2.30. The van der Waals surface area contributed by atoms with Crippen molar-refractivity contribution in [2.75, 3.05) is 45.7 Å². The first-order valence-corrected chi connectivity index (χ1v) is 10.7. The van der Waals surface area contributed by atoms with Crippen molar-refractivity contribution in [3.63, 3.8) is 0 Å². The number of allylic oxidation sites excluding steroid dienone is 2. The number of hydrogen-bond acceptors (Lipinski definition) is 5. The molecular weight excluding hydrogens is 366 g/mol. The van der Waals surface area contributed by atoms with Crippen LogP contribution in [0, 0.1) is 5.92 Å². The van der Waals surface area contributed by atoms with Gasteiger partial charge in [-0.3, -0.25) is 4.79 Å². The maximum absolute atomic E-state index is 13.0. The predicted molar refractivity (Wildman–Crippen MR) is 104 cm³/mol. The molecule has 0 saturated carbocycles. The number of nitrogens with zero attached hydrogens (tertiary/aromatic N) is 2. The first-order valence-electron chi connectivity index (χ1n) is 9.23. The summed E-state index contributed by atoms with van der Waals surface area (Å²) in [4.78, 5) is 14.6. The molecule has 1 aromatic carbocycles. The molecular formula is C19H27N3O4S. The number of rotatable bonds is 6. The van der Waals surface area contributed by atoms with Crippen LogP contribution in [0.5, 0.6) is 5.75 Å². The highest BCUT2D eigenvalue weighted by molar-refractivity contribution is 7.89. The first kappa shape index (κ1) is 19.9. The third kappa shape index (κ3) is 4.69. The number of carbonyl (C=O) groups excluding carboxylic acids is 1. The van der Waals surface area contributed by atoms with Gasteiger partial charge in [-0.2, -0.15) is 4.31 Å². The zero-order valence-electron chi connectivity index (χ0n) is 15.8. The second kappa shape index (κ2) is 8.41. The second-order valence-electron chi connectivity index (χ2n) is 7.09. The molecule has 8 heteroatoms. The third-order valence-corrected chi connectivity index (χ3v) is 7.00. The molecule has 1 amide bonds. The lowest BCUT2D eigenvalue weighted by molar-refractivity contribution is -0.116. The molecule has 1 aliphatic heterocycles. The van der Waals surface area contributed by atoms with Gasteiger partial charge in [0, 0.05) is 32.6 Å². The predicted octanol–water partition coefficient (Wildman–Crippen LogP) is 1.93. The Balaban J connectivity index is 1.78. The fraction of sp³-hybridized carbons (Fsp3) is 0.526. The standard InChI is InChI=1S/C19H27N3O4S/c1-21-9-11-22(12-10-21)27(24,25)16-7-8-18(26-2)17(14-16)20-19(23)13-15-5-3-4-6-15/h3,5,7-8,14-15H,4,6,9-13H2,1-2H3,(H,20,23)/t15-/m1/s1. The summed E-state index contributed by atoms with van der Waals surface area (Å²) in [7, 11) is -0.126. The molecule has 1 N–H and O–H groups in total. The highest BCUT2D eigenvalue weighted by atomic mass is 32.2. The molecule has 0 bridgehead atoms. The minimum absolute atomic E-state index is 0.140. The number of ether oxygens (including phenoxy) is 1. The van der Waals surface area contributed by atoms with Gasteiger partial charge in [-0.1, -0.05) is 12.2 Å². The molecule has 1 aromatic rings. The van der Waals surface area contributed by atoms with Crippen LogP contribution in [-0.4, -0.2) is 63.9 Å². The summed E-state index contributed by atoms with van der Waals surface area (Å²) >= 11 is 0. The molecule has 1 atom stereocenters. The van der Waals surface area contributed by atoms with Crippen LogP contribution < -0.4 is 10.1 Å². The monoisotopic (exact) mass is 393 g/mol. The summed E-state index contributed by atoms with van der Waals surface area (Å²) in [6, 6.07) is 4.62. The third-order valence-electron chi connectivity index (χ3n) is 5.11. The summed E-state index contributed by atoms with van der Waals surface area (Å²) < 4.78 is 32.7. The van der Waals surface area contributed by atoms with Gasteiger partial charge in [0.25, 0.3) is 0 Å². The lowest BCUT2D eigenvalue weighted by atomic mass is 10.1. The number of piperazine rings is 1. The molecule has 148 valence electrons. The van der Waals surface area contributed by atoms with Crippen LogP contribution in [0.1, 0.15) is 19.3 Å². The molecule has 3 rings (SSSR count). The Morgan fingerprint density at radius 3 is 2.63 bits per heavy atom. The Morgan fingerprint density at radius 1 is 1.26 bits per heavy atom. The summed E-state index contributed by atoms with van der Waals surface area (Å²) in [6.45, 7) is 2.32. The van der Waals surface area contributed by atoms with Crippen molar-refractivity contribution in [1.29, 1.82) is 0 Å². The maximum Gasteiger partial charge on any atom is 0.243 e. The minimum atomic E-state index is -3.60. The van der Waals surface area contributed by atoms with Crippen molar-refractivity contribution in [1.82, 2.24) is 9.21 Å². The minimum Gasteiger partial charge on any atom is -0.495 e. The second-order valence-corrected chi connectivity index (χ2v) is 9.03. The number of likely N-dealkylation sites (N-methyl/N-ethyl adjacent to an activating group) is 1. The Labute approximate surface area is 161 Å².